The molecule has 196 valence electrons. The number of pyridine rings is 1. The van der Waals surface area contributed by atoms with Crippen molar-refractivity contribution in [1.82, 2.24) is 15.2 Å². The van der Waals surface area contributed by atoms with Crippen molar-refractivity contribution in [2.75, 3.05) is 11.4 Å². The highest BCUT2D eigenvalue weighted by atomic mass is 16.2. The number of nitriles is 1. The molecule has 7 heteroatoms. The van der Waals surface area contributed by atoms with E-state index in [-0.39, 0.29) is 23.3 Å². The number of nitrogens with one attached hydrogen (secondary N) is 1. The fourth-order valence-electron chi connectivity index (χ4n) is 5.59. The predicted molar refractivity (Wildman–Crippen MR) is 145 cm³/mol. The molecule has 1 aliphatic carbocycles. The molecule has 1 aromatic carbocycles. The third-order valence-corrected chi connectivity index (χ3v) is 7.91. The first kappa shape index (κ1) is 26.7. The van der Waals surface area contributed by atoms with E-state index in [0.717, 1.165) is 37.7 Å². The molecule has 0 radical (unpaired) electrons. The molecule has 1 saturated carbocycles. The Morgan fingerprint density at radius 1 is 1.14 bits per heavy atom. The number of likely N-dealkylation sites (tertiary alicyclic amines) is 1. The standard InChI is InChI=1S/C30H39N5O2/c1-29(2,3)23-13-15-25(16-14-23)35(28(37)30(4)17-9-19-34(30)21-31)26(22-10-8-18-32-20-22)27(36)33-24-11-6-5-7-12-24/h8,10,13-16,18,20,24,26H,5-7,9,11-12,17,19H2,1-4H3,(H,33,36)/t26?,30-/m1/s1. The van der Waals surface area contributed by atoms with E-state index < -0.39 is 11.6 Å². The molecule has 2 aromatic rings. The Morgan fingerprint density at radius 2 is 1.84 bits per heavy atom. The Labute approximate surface area is 220 Å². The Bertz CT molecular complexity index is 1130. The van der Waals surface area contributed by atoms with E-state index in [1.807, 2.05) is 37.3 Å². The largest absolute Gasteiger partial charge is 0.351 e. The molecule has 2 amide bonds. The van der Waals surface area contributed by atoms with Crippen LogP contribution in [0.5, 0.6) is 0 Å². The van der Waals surface area contributed by atoms with Gasteiger partial charge in [0.05, 0.1) is 0 Å². The van der Waals surface area contributed by atoms with Gasteiger partial charge >= 0.3 is 0 Å². The Kier molecular flexibility index (Phi) is 7.87. The summed E-state index contributed by atoms with van der Waals surface area (Å²) in [4.78, 5) is 35.9. The lowest BCUT2D eigenvalue weighted by Gasteiger charge is -2.39. The first-order chi connectivity index (χ1) is 17.6. The molecular weight excluding hydrogens is 462 g/mol. The van der Waals surface area contributed by atoms with Gasteiger partial charge < -0.3 is 5.32 Å². The zero-order chi connectivity index (χ0) is 26.6. The second-order valence-electron chi connectivity index (χ2n) is 11.6. The van der Waals surface area contributed by atoms with E-state index in [2.05, 4.69) is 37.3 Å². The fourth-order valence-corrected chi connectivity index (χ4v) is 5.59. The molecule has 1 N–H and O–H groups in total. The summed E-state index contributed by atoms with van der Waals surface area (Å²) in [5, 5.41) is 13.1. The van der Waals surface area contributed by atoms with Gasteiger partial charge in [-0.05, 0) is 61.8 Å². The van der Waals surface area contributed by atoms with Crippen LogP contribution in [0.2, 0.25) is 0 Å². The van der Waals surface area contributed by atoms with Crippen LogP contribution in [0.3, 0.4) is 0 Å². The summed E-state index contributed by atoms with van der Waals surface area (Å²) in [5.74, 6) is -0.457. The topological polar surface area (TPSA) is 89.3 Å². The van der Waals surface area contributed by atoms with Gasteiger partial charge in [0.15, 0.2) is 6.19 Å². The van der Waals surface area contributed by atoms with Crippen LogP contribution in [0, 0.1) is 11.5 Å². The number of amides is 2. The van der Waals surface area contributed by atoms with Crippen molar-refractivity contribution in [3.8, 4) is 6.19 Å². The lowest BCUT2D eigenvalue weighted by Crippen LogP contribution is -2.57. The lowest BCUT2D eigenvalue weighted by atomic mass is 9.86. The zero-order valence-electron chi connectivity index (χ0n) is 22.5. The van der Waals surface area contributed by atoms with Crippen LogP contribution < -0.4 is 10.2 Å². The first-order valence-corrected chi connectivity index (χ1v) is 13.5. The van der Waals surface area contributed by atoms with Crippen LogP contribution in [0.1, 0.15) is 89.8 Å². The monoisotopic (exact) mass is 501 g/mol. The van der Waals surface area contributed by atoms with Crippen LogP contribution >= 0.6 is 0 Å². The molecule has 2 heterocycles. The molecule has 1 unspecified atom stereocenters. The summed E-state index contributed by atoms with van der Waals surface area (Å²) in [7, 11) is 0. The summed E-state index contributed by atoms with van der Waals surface area (Å²) in [6.07, 6.45) is 12.1. The van der Waals surface area contributed by atoms with Crippen molar-refractivity contribution in [2.24, 2.45) is 0 Å². The molecule has 1 aromatic heterocycles. The van der Waals surface area contributed by atoms with E-state index in [0.29, 0.717) is 24.2 Å². The van der Waals surface area contributed by atoms with E-state index >= 15 is 0 Å². The average Bonchev–Trinajstić information content (AvgIpc) is 3.29. The molecule has 1 saturated heterocycles. The van der Waals surface area contributed by atoms with Gasteiger partial charge in [-0.1, -0.05) is 58.2 Å². The number of benzene rings is 1. The van der Waals surface area contributed by atoms with E-state index in [4.69, 9.17) is 0 Å². The van der Waals surface area contributed by atoms with Gasteiger partial charge in [-0.15, -0.1) is 0 Å². The number of rotatable bonds is 6. The maximum atomic E-state index is 14.5. The van der Waals surface area contributed by atoms with Crippen LogP contribution in [-0.2, 0) is 15.0 Å². The first-order valence-electron chi connectivity index (χ1n) is 13.5. The predicted octanol–water partition coefficient (Wildman–Crippen LogP) is 5.24. The van der Waals surface area contributed by atoms with Gasteiger partial charge in [0, 0.05) is 36.2 Å². The minimum absolute atomic E-state index is 0.0521. The number of hydrogen-bond donors (Lipinski definition) is 1. The number of hydrogen-bond acceptors (Lipinski definition) is 5. The number of nitrogens with zero attached hydrogens (tertiary/aromatic N) is 4. The number of carbonyl (C=O) groups excluding carboxylic acids is 2. The minimum atomic E-state index is -1.02. The van der Waals surface area contributed by atoms with E-state index in [9.17, 15) is 14.9 Å². The average molecular weight is 502 g/mol. The number of anilines is 1. The van der Waals surface area contributed by atoms with Gasteiger partial charge in [0.1, 0.15) is 11.6 Å². The SMILES string of the molecule is CC(C)(C)c1ccc(N(C(=O)[C@@]2(C)CCCN2C#N)C(C(=O)NC2CCCCC2)c2cccnc2)cc1. The van der Waals surface area contributed by atoms with Gasteiger partial charge in [-0.3, -0.25) is 24.4 Å². The normalized spacial score (nSPS) is 21.2. The molecule has 0 bridgehead atoms. The molecule has 7 nitrogen and oxygen atoms in total. The maximum absolute atomic E-state index is 14.5. The minimum Gasteiger partial charge on any atom is -0.351 e. The van der Waals surface area contributed by atoms with E-state index in [1.54, 1.807) is 28.3 Å². The second-order valence-corrected chi connectivity index (χ2v) is 11.6. The van der Waals surface area contributed by atoms with Crippen LogP contribution in [-0.4, -0.2) is 39.8 Å². The smallest absolute Gasteiger partial charge is 0.254 e. The van der Waals surface area contributed by atoms with Gasteiger partial charge in [-0.2, -0.15) is 5.26 Å². The van der Waals surface area contributed by atoms with Crippen molar-refractivity contribution in [3.05, 3.63) is 59.9 Å². The molecule has 2 aliphatic rings. The van der Waals surface area contributed by atoms with Crippen molar-refractivity contribution >= 4 is 17.5 Å². The summed E-state index contributed by atoms with van der Waals surface area (Å²) >= 11 is 0. The van der Waals surface area contributed by atoms with Crippen molar-refractivity contribution in [1.29, 1.82) is 5.26 Å². The van der Waals surface area contributed by atoms with E-state index in [1.165, 1.54) is 6.42 Å². The van der Waals surface area contributed by atoms with Crippen LogP contribution in [0.15, 0.2) is 48.8 Å². The highest BCUT2D eigenvalue weighted by Crippen LogP contribution is 2.37. The summed E-state index contributed by atoms with van der Waals surface area (Å²) < 4.78 is 0. The van der Waals surface area contributed by atoms with Crippen LogP contribution in [0.4, 0.5) is 5.69 Å². The van der Waals surface area contributed by atoms with Crippen molar-refractivity contribution in [2.45, 2.75) is 95.7 Å². The van der Waals surface area contributed by atoms with Gasteiger partial charge in [0.25, 0.3) is 5.91 Å². The fraction of sp³-hybridized carbons (Fsp3) is 0.533. The van der Waals surface area contributed by atoms with Gasteiger partial charge in [0.2, 0.25) is 5.91 Å². The molecule has 4 rings (SSSR count). The number of carbonyl (C=O) groups is 2. The Hall–Kier alpha value is -3.40. The zero-order valence-corrected chi connectivity index (χ0v) is 22.5. The Morgan fingerprint density at radius 3 is 2.43 bits per heavy atom. The third kappa shape index (κ3) is 5.64. The highest BCUT2D eigenvalue weighted by molar-refractivity contribution is 6.06. The highest BCUT2D eigenvalue weighted by Gasteiger charge is 2.48. The summed E-state index contributed by atoms with van der Waals surface area (Å²) in [5.41, 5.74) is 1.34. The quantitative estimate of drug-likeness (QED) is 0.547. The second kappa shape index (κ2) is 10.9. The summed E-state index contributed by atoms with van der Waals surface area (Å²) in [6.45, 7) is 8.78. The van der Waals surface area contributed by atoms with Crippen molar-refractivity contribution in [3.63, 3.8) is 0 Å². The molecule has 2 fully saturated rings. The molecular formula is C30H39N5O2. The van der Waals surface area contributed by atoms with Crippen LogP contribution in [0.25, 0.3) is 0 Å². The molecule has 0 spiro atoms. The lowest BCUT2D eigenvalue weighted by molar-refractivity contribution is -0.131. The Balaban J connectivity index is 1.81. The maximum Gasteiger partial charge on any atom is 0.254 e. The summed E-state index contributed by atoms with van der Waals surface area (Å²) in [6, 6.07) is 10.7. The number of aromatic nitrogens is 1. The van der Waals surface area contributed by atoms with Crippen molar-refractivity contribution < 1.29 is 9.59 Å². The molecule has 37 heavy (non-hydrogen) atoms. The van der Waals surface area contributed by atoms with Gasteiger partial charge in [-0.25, -0.2) is 0 Å². The molecule has 1 aliphatic heterocycles. The third-order valence-electron chi connectivity index (χ3n) is 7.91. The molecule has 2 atom stereocenters.